The molecule has 0 bridgehead atoms. The Labute approximate surface area is 363 Å². The highest BCUT2D eigenvalue weighted by Crippen LogP contribution is 2.62. The number of esters is 2. The van der Waals surface area contributed by atoms with Crippen molar-refractivity contribution in [2.24, 2.45) is 34.5 Å². The normalized spacial score (nSPS) is 21.0. The summed E-state index contributed by atoms with van der Waals surface area (Å²) >= 11 is 10.6. The minimum atomic E-state index is -4.68. The highest BCUT2D eigenvalue weighted by atomic mass is 35.5. The van der Waals surface area contributed by atoms with E-state index >= 15 is 0 Å². The van der Waals surface area contributed by atoms with Crippen molar-refractivity contribution in [1.29, 1.82) is 10.5 Å². The number of alkyl halides is 6. The Balaban J connectivity index is 0.000000234. The second kappa shape index (κ2) is 19.0. The third kappa shape index (κ3) is 11.7. The molecule has 0 heterocycles. The number of hydrogen-bond acceptors (Lipinski definition) is 8. The molecule has 2 fully saturated rings. The largest absolute Gasteiger partial charge is 0.457 e. The number of benzene rings is 4. The molecule has 0 aromatic heterocycles. The second-order valence-electron chi connectivity index (χ2n) is 15.5. The van der Waals surface area contributed by atoms with Crippen LogP contribution in [0.4, 0.5) is 26.3 Å². The molecular weight excluding hydrogens is 861 g/mol. The molecular formula is C46H38Cl2F6N2O6. The van der Waals surface area contributed by atoms with E-state index in [0.717, 1.165) is 12.2 Å². The van der Waals surface area contributed by atoms with Crippen molar-refractivity contribution in [2.75, 3.05) is 0 Å². The van der Waals surface area contributed by atoms with Crippen LogP contribution in [-0.2, 0) is 19.1 Å². The van der Waals surface area contributed by atoms with E-state index in [4.69, 9.17) is 42.1 Å². The smallest absolute Gasteiger partial charge is 0.426 e. The standard InChI is InChI=1S/2C23H19ClF3NO3/c2*1-22(2)17(12-19(24)23(25,26)27)20(22)21(29)31-18(13-28)14-7-6-10-16(11-14)30-15-8-4-3-5-9-15/h2*3-12,17-18,20H,1-2H3/b2*19-12-/t17-,18?,20-;17-,18+,20-/m00/s1. The van der Waals surface area contributed by atoms with Crippen LogP contribution in [0.5, 0.6) is 23.0 Å². The zero-order valence-electron chi connectivity index (χ0n) is 33.4. The lowest BCUT2D eigenvalue weighted by Crippen LogP contribution is -2.14. The van der Waals surface area contributed by atoms with Gasteiger partial charge in [-0.2, -0.15) is 36.9 Å². The molecule has 1 unspecified atom stereocenters. The van der Waals surface area contributed by atoms with Gasteiger partial charge < -0.3 is 18.9 Å². The molecule has 0 radical (unpaired) electrons. The first-order chi connectivity index (χ1) is 29.1. The number of nitriles is 2. The number of ether oxygens (including phenoxy) is 4. The summed E-state index contributed by atoms with van der Waals surface area (Å²) in [6, 6.07) is 34.9. The van der Waals surface area contributed by atoms with Crippen LogP contribution in [0.2, 0.25) is 0 Å². The summed E-state index contributed by atoms with van der Waals surface area (Å²) < 4.78 is 98.5. The van der Waals surface area contributed by atoms with Crippen LogP contribution in [0.15, 0.2) is 131 Å². The van der Waals surface area contributed by atoms with E-state index in [-0.39, 0.29) is 0 Å². The summed E-state index contributed by atoms with van der Waals surface area (Å²) in [5, 5.41) is 16.5. The Morgan fingerprint density at radius 1 is 0.581 bits per heavy atom. The zero-order chi connectivity index (χ0) is 45.6. The van der Waals surface area contributed by atoms with E-state index < -0.39 is 81.1 Å². The second-order valence-corrected chi connectivity index (χ2v) is 16.4. The number of rotatable bonds is 12. The van der Waals surface area contributed by atoms with E-state index in [0.29, 0.717) is 34.1 Å². The van der Waals surface area contributed by atoms with E-state index in [1.807, 2.05) is 48.5 Å². The Morgan fingerprint density at radius 3 is 1.21 bits per heavy atom. The van der Waals surface area contributed by atoms with Crippen molar-refractivity contribution in [3.63, 3.8) is 0 Å². The summed E-state index contributed by atoms with van der Waals surface area (Å²) in [4.78, 5) is 25.2. The van der Waals surface area contributed by atoms with Gasteiger partial charge in [0, 0.05) is 11.1 Å². The zero-order valence-corrected chi connectivity index (χ0v) is 34.9. The fourth-order valence-corrected chi connectivity index (χ4v) is 7.10. The lowest BCUT2D eigenvalue weighted by Gasteiger charge is -2.13. The molecule has 0 saturated heterocycles. The Hall–Kier alpha value is -5.96. The van der Waals surface area contributed by atoms with Crippen LogP contribution in [0.3, 0.4) is 0 Å². The van der Waals surface area contributed by atoms with Gasteiger partial charge in [0.1, 0.15) is 45.2 Å². The van der Waals surface area contributed by atoms with Gasteiger partial charge in [-0.15, -0.1) is 0 Å². The average molecular weight is 900 g/mol. The van der Waals surface area contributed by atoms with E-state index in [1.54, 1.807) is 100 Å². The number of hydrogen-bond donors (Lipinski definition) is 0. The molecule has 8 nitrogen and oxygen atoms in total. The highest BCUT2D eigenvalue weighted by Gasteiger charge is 2.63. The Bertz CT molecular complexity index is 2220. The van der Waals surface area contributed by atoms with Crippen molar-refractivity contribution in [2.45, 2.75) is 52.3 Å². The van der Waals surface area contributed by atoms with Gasteiger partial charge in [-0.1, -0.05) is 124 Å². The molecule has 4 aromatic rings. The molecule has 2 aliphatic rings. The molecule has 4 aromatic carbocycles. The van der Waals surface area contributed by atoms with Gasteiger partial charge in [-0.05, 0) is 71.2 Å². The quantitative estimate of drug-likeness (QED) is 0.102. The van der Waals surface area contributed by atoms with Crippen LogP contribution in [-0.4, -0.2) is 24.3 Å². The molecule has 6 atom stereocenters. The van der Waals surface area contributed by atoms with Crippen LogP contribution < -0.4 is 9.47 Å². The minimum Gasteiger partial charge on any atom is -0.457 e. The summed E-state index contributed by atoms with van der Waals surface area (Å²) in [7, 11) is 0. The highest BCUT2D eigenvalue weighted by molar-refractivity contribution is 6.30. The predicted molar refractivity (Wildman–Crippen MR) is 216 cm³/mol. The number of nitrogens with zero attached hydrogens (tertiary/aromatic N) is 2. The van der Waals surface area contributed by atoms with Crippen molar-refractivity contribution < 1.29 is 54.9 Å². The Morgan fingerprint density at radius 2 is 0.903 bits per heavy atom. The number of allylic oxidation sites excluding steroid dienone is 4. The van der Waals surface area contributed by atoms with Gasteiger partial charge in [0.05, 0.1) is 11.8 Å². The number of para-hydroxylation sites is 2. The molecule has 16 heteroatoms. The maximum absolute atomic E-state index is 12.7. The fraction of sp³-hybridized carbons (Fsp3) is 0.304. The number of halogens is 8. The van der Waals surface area contributed by atoms with Gasteiger partial charge >= 0.3 is 24.3 Å². The first-order valence-corrected chi connectivity index (χ1v) is 19.6. The summed E-state index contributed by atoms with van der Waals surface area (Å²) in [5.41, 5.74) is -0.743. The molecule has 62 heavy (non-hydrogen) atoms. The predicted octanol–water partition coefficient (Wildman–Crippen LogP) is 13.1. The first-order valence-electron chi connectivity index (χ1n) is 18.8. The summed E-state index contributed by atoms with van der Waals surface area (Å²) in [5.74, 6) is -2.54. The van der Waals surface area contributed by atoms with E-state index in [9.17, 15) is 46.5 Å². The van der Waals surface area contributed by atoms with Crippen LogP contribution in [0.25, 0.3) is 0 Å². The lowest BCUT2D eigenvalue weighted by molar-refractivity contribution is -0.150. The third-order valence-corrected chi connectivity index (χ3v) is 11.2. The molecule has 0 amide bonds. The van der Waals surface area contributed by atoms with Gasteiger partial charge in [-0.3, -0.25) is 9.59 Å². The van der Waals surface area contributed by atoms with Crippen molar-refractivity contribution in [3.05, 3.63) is 143 Å². The monoisotopic (exact) mass is 898 g/mol. The van der Waals surface area contributed by atoms with Crippen LogP contribution in [0, 0.1) is 57.2 Å². The van der Waals surface area contributed by atoms with E-state index in [1.165, 1.54) is 0 Å². The van der Waals surface area contributed by atoms with Gasteiger partial charge in [0.2, 0.25) is 12.2 Å². The lowest BCUT2D eigenvalue weighted by atomic mass is 10.1. The minimum absolute atomic E-state index is 0.392. The number of carbonyl (C=O) groups is 2. The fourth-order valence-electron chi connectivity index (χ4n) is 6.83. The SMILES string of the molecule is CC1(C)[C@H](C(=O)OC(C#N)c2cccc(Oc3ccccc3)c2)[C@@H]1/C=C(\Cl)C(F)(F)F.CC1(C)[C@H](C(=O)O[C@H](C#N)c2cccc(Oc3ccccc3)c2)[C@@H]1/C=C(\Cl)C(F)(F)F. The van der Waals surface area contributed by atoms with Crippen LogP contribution in [0.1, 0.15) is 51.0 Å². The maximum atomic E-state index is 12.7. The van der Waals surface area contributed by atoms with Crippen molar-refractivity contribution in [1.82, 2.24) is 0 Å². The molecule has 2 saturated carbocycles. The maximum Gasteiger partial charge on any atom is 0.426 e. The topological polar surface area (TPSA) is 119 Å². The van der Waals surface area contributed by atoms with Crippen molar-refractivity contribution >= 4 is 35.1 Å². The summed E-state index contributed by atoms with van der Waals surface area (Å²) in [6.07, 6.45) is -10.1. The molecule has 0 N–H and O–H groups in total. The Kier molecular flexibility index (Phi) is 14.4. The molecule has 0 aliphatic heterocycles. The molecule has 0 spiro atoms. The van der Waals surface area contributed by atoms with Crippen molar-refractivity contribution in [3.8, 4) is 35.1 Å². The molecule has 324 valence electrons. The molecule has 6 rings (SSSR count). The van der Waals surface area contributed by atoms with Gasteiger partial charge in [0.25, 0.3) is 0 Å². The number of carbonyl (C=O) groups excluding carboxylic acids is 2. The molecule has 2 aliphatic carbocycles. The van der Waals surface area contributed by atoms with Gasteiger partial charge in [0.15, 0.2) is 0 Å². The van der Waals surface area contributed by atoms with Gasteiger partial charge in [-0.25, -0.2) is 0 Å². The third-order valence-electron chi connectivity index (χ3n) is 10.5. The summed E-state index contributed by atoms with van der Waals surface area (Å²) in [6.45, 7) is 6.60. The van der Waals surface area contributed by atoms with E-state index in [2.05, 4.69) is 0 Å². The average Bonchev–Trinajstić information content (AvgIpc) is 3.99. The van der Waals surface area contributed by atoms with Crippen LogP contribution >= 0.6 is 23.2 Å². The first kappa shape index (κ1) is 47.1.